The number of fused-ring (bicyclic) bond motifs is 4. The summed E-state index contributed by atoms with van der Waals surface area (Å²) in [6.45, 7) is 8.10. The molecule has 56 heavy (non-hydrogen) atoms. The number of ketones is 2. The third kappa shape index (κ3) is 6.23. The van der Waals surface area contributed by atoms with Crippen molar-refractivity contribution < 1.29 is 37.0 Å². The first-order valence-electron chi connectivity index (χ1n) is 17.3. The van der Waals surface area contributed by atoms with Crippen LogP contribution < -0.4 is 18.9 Å². The van der Waals surface area contributed by atoms with Gasteiger partial charge in [-0.3, -0.25) is 9.59 Å². The van der Waals surface area contributed by atoms with Crippen molar-refractivity contribution in [3.05, 3.63) is 112 Å². The minimum absolute atomic E-state index is 0.213. The van der Waals surface area contributed by atoms with Crippen LogP contribution in [0.3, 0.4) is 0 Å². The van der Waals surface area contributed by atoms with Gasteiger partial charge in [-0.1, -0.05) is 74.1 Å². The van der Waals surface area contributed by atoms with Crippen LogP contribution >= 0.6 is 46.4 Å². The first kappa shape index (κ1) is 40.6. The van der Waals surface area contributed by atoms with Crippen LogP contribution in [0.1, 0.15) is 70.7 Å². The number of hydrogen-bond donors (Lipinski definition) is 0. The molecule has 8 nitrogen and oxygen atoms in total. The molecule has 0 amide bonds. The zero-order valence-electron chi connectivity index (χ0n) is 31.6. The standard InChI is InChI=1S/2C21H18Cl2O4S/c2*1-21(2)9-11-13(26-3)5-6-14(27-4)16(11)18(21)20-19(24)17-12(23)7-10(22)8-15(17)28(20)25/h2*5-8H,9H2,1-4H3/b2*20-18-/t2*28-/m11/s1. The van der Waals surface area contributed by atoms with Crippen LogP contribution in [-0.4, -0.2) is 48.4 Å². The summed E-state index contributed by atoms with van der Waals surface area (Å²) in [6.07, 6.45) is 1.27. The second-order valence-electron chi connectivity index (χ2n) is 14.9. The number of carbonyl (C=O) groups excluding carboxylic acids is 2. The second-order valence-corrected chi connectivity index (χ2v) is 19.4. The first-order chi connectivity index (χ1) is 26.4. The van der Waals surface area contributed by atoms with Crippen LogP contribution in [0, 0.1) is 10.8 Å². The Morgan fingerprint density at radius 1 is 0.518 bits per heavy atom. The number of hydrogen-bond acceptors (Lipinski definition) is 8. The Bertz CT molecular complexity index is 2380. The van der Waals surface area contributed by atoms with E-state index in [1.165, 1.54) is 12.1 Å². The third-order valence-corrected chi connectivity index (χ3v) is 14.6. The second kappa shape index (κ2) is 14.6. The predicted octanol–water partition coefficient (Wildman–Crippen LogP) is 10.6. The van der Waals surface area contributed by atoms with E-state index in [9.17, 15) is 18.0 Å². The van der Waals surface area contributed by atoms with E-state index in [4.69, 9.17) is 65.4 Å². The van der Waals surface area contributed by atoms with Gasteiger partial charge >= 0.3 is 0 Å². The van der Waals surface area contributed by atoms with Gasteiger partial charge in [-0.05, 0) is 83.3 Å². The molecule has 0 saturated heterocycles. The Morgan fingerprint density at radius 2 is 0.839 bits per heavy atom. The van der Waals surface area contributed by atoms with Gasteiger partial charge in [0.1, 0.15) is 23.0 Å². The Hall–Kier alpha value is -3.64. The summed E-state index contributed by atoms with van der Waals surface area (Å²) in [7, 11) is 3.00. The normalized spacial score (nSPS) is 22.2. The van der Waals surface area contributed by atoms with Crippen LogP contribution in [0.25, 0.3) is 11.1 Å². The topological polar surface area (TPSA) is 105 Å². The zero-order valence-corrected chi connectivity index (χ0v) is 36.3. The summed E-state index contributed by atoms with van der Waals surface area (Å²) in [5.74, 6) is 2.03. The van der Waals surface area contributed by atoms with Crippen molar-refractivity contribution in [2.75, 3.05) is 28.4 Å². The summed E-state index contributed by atoms with van der Waals surface area (Å²) >= 11 is 24.7. The molecule has 0 fully saturated rings. The van der Waals surface area contributed by atoms with Gasteiger partial charge in [-0.25, -0.2) is 8.42 Å². The van der Waals surface area contributed by atoms with Crippen molar-refractivity contribution in [3.8, 4) is 23.0 Å². The molecular weight excluding hydrogens is 838 g/mol. The third-order valence-electron chi connectivity index (χ3n) is 10.6. The van der Waals surface area contributed by atoms with Crippen molar-refractivity contribution in [2.24, 2.45) is 10.8 Å². The molecular formula is C42H36Cl4O8S2. The van der Waals surface area contributed by atoms with Gasteiger partial charge in [0.15, 0.2) is 0 Å². The lowest BCUT2D eigenvalue weighted by molar-refractivity contribution is 0.103. The molecule has 4 aromatic carbocycles. The minimum atomic E-state index is -1.68. The van der Waals surface area contributed by atoms with Crippen molar-refractivity contribution >= 4 is 90.7 Å². The molecule has 2 heterocycles. The average molecular weight is 875 g/mol. The molecule has 292 valence electrons. The van der Waals surface area contributed by atoms with Gasteiger partial charge in [0.2, 0.25) is 11.6 Å². The van der Waals surface area contributed by atoms with Gasteiger partial charge in [-0.2, -0.15) is 0 Å². The average Bonchev–Trinajstić information content (AvgIpc) is 3.75. The van der Waals surface area contributed by atoms with Crippen molar-refractivity contribution in [2.45, 2.75) is 50.3 Å². The van der Waals surface area contributed by atoms with E-state index in [0.717, 1.165) is 22.3 Å². The Kier molecular flexibility index (Phi) is 10.6. The van der Waals surface area contributed by atoms with Gasteiger partial charge in [-0.15, -0.1) is 0 Å². The summed E-state index contributed by atoms with van der Waals surface area (Å²) in [6, 6.07) is 13.4. The summed E-state index contributed by atoms with van der Waals surface area (Å²) in [5, 5.41) is 1.12. The smallest absolute Gasteiger partial charge is 0.205 e. The molecule has 14 heteroatoms. The largest absolute Gasteiger partial charge is 0.496 e. The molecule has 2 aliphatic heterocycles. The molecule has 0 unspecified atom stereocenters. The van der Waals surface area contributed by atoms with E-state index in [0.29, 0.717) is 66.8 Å². The van der Waals surface area contributed by atoms with Crippen LogP contribution in [0.2, 0.25) is 20.1 Å². The molecule has 4 aromatic rings. The van der Waals surface area contributed by atoms with E-state index in [1.807, 2.05) is 39.8 Å². The molecule has 0 radical (unpaired) electrons. The predicted molar refractivity (Wildman–Crippen MR) is 222 cm³/mol. The van der Waals surface area contributed by atoms with E-state index in [2.05, 4.69) is 0 Å². The van der Waals surface area contributed by atoms with Gasteiger partial charge in [0, 0.05) is 32.3 Å². The Morgan fingerprint density at radius 3 is 1.16 bits per heavy atom. The lowest BCUT2D eigenvalue weighted by Gasteiger charge is -2.22. The number of benzene rings is 4. The SMILES string of the molecule is COc1ccc(OC)c2c1CC(C)(C)/C2=C1/C(=O)c2c(Cl)cc(Cl)cc2[S@]1=O.COc1ccc(OC)c2c1CC(C)(C)/C2=C1/C(=O)c2c(Cl)cc(Cl)cc2[S@]1=O. The number of Topliss-reactive ketones (excluding diaryl/α,β-unsaturated/α-hetero) is 2. The molecule has 2 aliphatic carbocycles. The number of allylic oxidation sites excluding steroid dienone is 4. The minimum Gasteiger partial charge on any atom is -0.496 e. The Labute approximate surface area is 350 Å². The van der Waals surface area contributed by atoms with Crippen LogP contribution in [0.5, 0.6) is 23.0 Å². The van der Waals surface area contributed by atoms with Crippen LogP contribution in [0.15, 0.2) is 68.1 Å². The maximum Gasteiger partial charge on any atom is 0.205 e. The molecule has 8 rings (SSSR count). The lowest BCUT2D eigenvalue weighted by Crippen LogP contribution is -2.15. The maximum atomic E-state index is 13.4. The summed E-state index contributed by atoms with van der Waals surface area (Å²) in [4.78, 5) is 27.9. The quantitative estimate of drug-likeness (QED) is 0.187. The van der Waals surface area contributed by atoms with Crippen LogP contribution in [0.4, 0.5) is 0 Å². The van der Waals surface area contributed by atoms with Crippen molar-refractivity contribution in [3.63, 3.8) is 0 Å². The summed E-state index contributed by atoms with van der Waals surface area (Å²) in [5.41, 5.74) is 4.51. The first-order valence-corrected chi connectivity index (χ1v) is 21.1. The fourth-order valence-electron chi connectivity index (χ4n) is 8.28. The van der Waals surface area contributed by atoms with Crippen molar-refractivity contribution in [1.82, 2.24) is 0 Å². The lowest BCUT2D eigenvalue weighted by atomic mass is 9.83. The molecule has 0 bridgehead atoms. The van der Waals surface area contributed by atoms with Gasteiger partial charge in [0.05, 0.1) is 90.8 Å². The highest BCUT2D eigenvalue weighted by Crippen LogP contribution is 2.58. The highest BCUT2D eigenvalue weighted by Gasteiger charge is 2.48. The molecule has 4 aliphatic rings. The molecule has 0 saturated carbocycles. The molecule has 0 aromatic heterocycles. The zero-order chi connectivity index (χ0) is 40.8. The number of halogens is 4. The highest BCUT2D eigenvalue weighted by molar-refractivity contribution is 7.91. The number of rotatable bonds is 4. The monoisotopic (exact) mass is 872 g/mol. The number of ether oxygens (including phenoxy) is 4. The van der Waals surface area contributed by atoms with E-state index in [1.54, 1.807) is 52.7 Å². The van der Waals surface area contributed by atoms with E-state index < -0.39 is 32.4 Å². The van der Waals surface area contributed by atoms with Crippen LogP contribution in [-0.2, 0) is 34.4 Å². The molecule has 0 spiro atoms. The number of methoxy groups -OCH3 is 4. The summed E-state index contributed by atoms with van der Waals surface area (Å²) < 4.78 is 49.0. The Balaban J connectivity index is 0.000000172. The molecule has 2 atom stereocenters. The molecule has 0 N–H and O–H groups in total. The fraction of sp³-hybridized carbons (Fsp3) is 0.286. The number of carbonyl (C=O) groups is 2. The maximum absolute atomic E-state index is 13.4. The highest BCUT2D eigenvalue weighted by atomic mass is 35.5. The van der Waals surface area contributed by atoms with E-state index in [-0.39, 0.29) is 42.5 Å². The van der Waals surface area contributed by atoms with Crippen molar-refractivity contribution in [1.29, 1.82) is 0 Å². The van der Waals surface area contributed by atoms with Gasteiger partial charge < -0.3 is 18.9 Å². The van der Waals surface area contributed by atoms with E-state index >= 15 is 0 Å². The fourth-order valence-corrected chi connectivity index (χ4v) is 13.0. The van der Waals surface area contributed by atoms with Gasteiger partial charge in [0.25, 0.3) is 0 Å².